The van der Waals surface area contributed by atoms with Crippen LogP contribution < -0.4 is 10.1 Å². The van der Waals surface area contributed by atoms with Gasteiger partial charge in [-0.05, 0) is 35.9 Å². The van der Waals surface area contributed by atoms with Crippen LogP contribution in [0.5, 0.6) is 5.75 Å². The van der Waals surface area contributed by atoms with Crippen LogP contribution in [0.25, 0.3) is 0 Å². The van der Waals surface area contributed by atoms with E-state index in [4.69, 9.17) is 21.1 Å². The van der Waals surface area contributed by atoms with Crippen LogP contribution in [0, 0.1) is 0 Å². The molecule has 0 spiro atoms. The zero-order chi connectivity index (χ0) is 26.3. The Morgan fingerprint density at radius 3 is 2.56 bits per heavy atom. The number of esters is 2. The molecule has 36 heavy (non-hydrogen) atoms. The minimum absolute atomic E-state index is 0.0804. The van der Waals surface area contributed by atoms with E-state index >= 15 is 0 Å². The number of nitrogens with zero attached hydrogens (tertiary/aromatic N) is 2. The predicted octanol–water partition coefficient (Wildman–Crippen LogP) is 3.72. The van der Waals surface area contributed by atoms with E-state index in [1.54, 1.807) is 18.2 Å². The minimum Gasteiger partial charge on any atom is -0.467 e. The smallest absolute Gasteiger partial charge is 0.467 e. The molecule has 0 radical (unpaired) electrons. The van der Waals surface area contributed by atoms with Gasteiger partial charge in [0.1, 0.15) is 18.2 Å². The summed E-state index contributed by atoms with van der Waals surface area (Å²) in [6.07, 6.45) is -4.91. The van der Waals surface area contributed by atoms with E-state index < -0.39 is 48.0 Å². The van der Waals surface area contributed by atoms with Crippen molar-refractivity contribution in [3.63, 3.8) is 0 Å². The van der Waals surface area contributed by atoms with Crippen LogP contribution in [0.4, 0.5) is 23.7 Å². The number of alkyl halides is 3. The fraction of sp³-hybridized carbons (Fsp3) is 0.273. The third-order valence-corrected chi connectivity index (χ3v) is 5.65. The highest BCUT2D eigenvalue weighted by molar-refractivity contribution is 6.31. The summed E-state index contributed by atoms with van der Waals surface area (Å²) in [6.45, 7) is -0.477. The van der Waals surface area contributed by atoms with Crippen LogP contribution in [0.1, 0.15) is 21.5 Å². The van der Waals surface area contributed by atoms with Gasteiger partial charge in [-0.25, -0.2) is 14.4 Å². The lowest BCUT2D eigenvalue weighted by atomic mass is 9.97. The van der Waals surface area contributed by atoms with Crippen molar-refractivity contribution in [2.24, 2.45) is 5.10 Å². The van der Waals surface area contributed by atoms with Gasteiger partial charge in [0.15, 0.2) is 0 Å². The van der Waals surface area contributed by atoms with Crippen molar-refractivity contribution >= 4 is 41.0 Å². The number of hydrazone groups is 1. The first-order valence-electron chi connectivity index (χ1n) is 10.1. The topological polar surface area (TPSA) is 116 Å². The maximum Gasteiger partial charge on any atom is 0.573 e. The summed E-state index contributed by atoms with van der Waals surface area (Å²) in [4.78, 5) is 37.8. The van der Waals surface area contributed by atoms with Gasteiger partial charge in [-0.2, -0.15) is 10.1 Å². The summed E-state index contributed by atoms with van der Waals surface area (Å²) in [6, 6.07) is 6.67. The summed E-state index contributed by atoms with van der Waals surface area (Å²) in [5.74, 6) is -2.43. The monoisotopic (exact) mass is 527 g/mol. The van der Waals surface area contributed by atoms with Crippen molar-refractivity contribution in [2.75, 3.05) is 26.3 Å². The van der Waals surface area contributed by atoms with Gasteiger partial charge in [0, 0.05) is 17.0 Å². The van der Waals surface area contributed by atoms with Crippen LogP contribution in [0.15, 0.2) is 41.5 Å². The molecule has 0 fully saturated rings. The number of ether oxygens (including phenoxy) is 4. The van der Waals surface area contributed by atoms with Crippen LogP contribution in [-0.4, -0.2) is 61.6 Å². The first kappa shape index (κ1) is 25.3. The van der Waals surface area contributed by atoms with Gasteiger partial charge in [0.2, 0.25) is 5.60 Å². The van der Waals surface area contributed by atoms with Crippen LogP contribution in [0.2, 0.25) is 5.02 Å². The molecular weight excluding hydrogens is 511 g/mol. The molecular formula is C22H17ClF3N3O7. The van der Waals surface area contributed by atoms with Crippen molar-refractivity contribution in [3.8, 4) is 5.75 Å². The summed E-state index contributed by atoms with van der Waals surface area (Å²) < 4.78 is 56.8. The molecule has 0 aromatic heterocycles. The van der Waals surface area contributed by atoms with Crippen LogP contribution in [-0.2, 0) is 25.4 Å². The third-order valence-electron chi connectivity index (χ3n) is 5.42. The Morgan fingerprint density at radius 2 is 1.89 bits per heavy atom. The van der Waals surface area contributed by atoms with E-state index in [0.29, 0.717) is 16.1 Å². The fourth-order valence-electron chi connectivity index (χ4n) is 3.87. The molecule has 1 atom stereocenters. The molecule has 4 rings (SSSR count). The van der Waals surface area contributed by atoms with E-state index in [2.05, 4.69) is 19.9 Å². The lowest BCUT2D eigenvalue weighted by Gasteiger charge is -2.34. The Hall–Kier alpha value is -3.84. The highest BCUT2D eigenvalue weighted by atomic mass is 35.5. The second-order valence-electron chi connectivity index (χ2n) is 7.60. The predicted molar refractivity (Wildman–Crippen MR) is 118 cm³/mol. The number of halogens is 4. The quantitative estimate of drug-likeness (QED) is 0.602. The largest absolute Gasteiger partial charge is 0.573 e. The van der Waals surface area contributed by atoms with Gasteiger partial charge in [-0.1, -0.05) is 17.7 Å². The Morgan fingerprint density at radius 1 is 1.14 bits per heavy atom. The normalized spacial score (nSPS) is 18.5. The van der Waals surface area contributed by atoms with E-state index in [1.807, 2.05) is 0 Å². The molecule has 1 N–H and O–H groups in total. The molecule has 1 aliphatic carbocycles. The van der Waals surface area contributed by atoms with E-state index in [1.165, 1.54) is 7.11 Å². The summed E-state index contributed by atoms with van der Waals surface area (Å²) >= 11 is 6.07. The molecule has 2 aromatic rings. The van der Waals surface area contributed by atoms with Gasteiger partial charge in [-0.15, -0.1) is 13.2 Å². The SMILES string of the molecule is COC(=O)c1cc(OC(F)(F)F)ccc1NC(=O)N1CO[C@@]2(C(=O)OC)Cc3cc(Cl)ccc3C2=N1. The van der Waals surface area contributed by atoms with Gasteiger partial charge >= 0.3 is 24.3 Å². The third kappa shape index (κ3) is 4.66. The summed E-state index contributed by atoms with van der Waals surface area (Å²) in [7, 11) is 2.21. The average Bonchev–Trinajstić information content (AvgIpc) is 3.16. The molecule has 0 bridgehead atoms. The zero-order valence-corrected chi connectivity index (χ0v) is 19.4. The molecule has 14 heteroatoms. The minimum atomic E-state index is -4.99. The lowest BCUT2D eigenvalue weighted by Crippen LogP contribution is -2.55. The average molecular weight is 528 g/mol. The number of fused-ring (bicyclic) bond motifs is 3. The molecule has 0 saturated heterocycles. The first-order chi connectivity index (χ1) is 17.0. The Kier molecular flexibility index (Phi) is 6.54. The second kappa shape index (κ2) is 9.32. The van der Waals surface area contributed by atoms with Crippen molar-refractivity contribution < 1.29 is 46.5 Å². The van der Waals surface area contributed by atoms with Crippen molar-refractivity contribution in [2.45, 2.75) is 18.4 Å². The summed E-state index contributed by atoms with van der Waals surface area (Å²) in [5, 5.41) is 7.95. The number of methoxy groups -OCH3 is 2. The highest BCUT2D eigenvalue weighted by Crippen LogP contribution is 2.38. The number of hydrogen-bond acceptors (Lipinski definition) is 8. The number of anilines is 1. The molecule has 2 amide bonds. The van der Waals surface area contributed by atoms with Crippen molar-refractivity contribution in [3.05, 3.63) is 58.1 Å². The number of benzene rings is 2. The van der Waals surface area contributed by atoms with Crippen molar-refractivity contribution in [1.82, 2.24) is 5.01 Å². The van der Waals surface area contributed by atoms with Gasteiger partial charge in [0.05, 0.1) is 25.5 Å². The maximum atomic E-state index is 13.0. The molecule has 2 aliphatic rings. The first-order valence-corrected chi connectivity index (χ1v) is 10.5. The molecule has 1 heterocycles. The fourth-order valence-corrected chi connectivity index (χ4v) is 4.06. The number of nitrogens with one attached hydrogen (secondary N) is 1. The number of carbonyl (C=O) groups excluding carboxylic acids is 3. The molecule has 2 aromatic carbocycles. The second-order valence-corrected chi connectivity index (χ2v) is 8.03. The lowest BCUT2D eigenvalue weighted by molar-refractivity contribution is -0.274. The molecule has 0 unspecified atom stereocenters. The maximum absolute atomic E-state index is 13.0. The Balaban J connectivity index is 1.66. The van der Waals surface area contributed by atoms with Crippen LogP contribution >= 0.6 is 11.6 Å². The van der Waals surface area contributed by atoms with E-state index in [-0.39, 0.29) is 17.8 Å². The summed E-state index contributed by atoms with van der Waals surface area (Å²) in [5.41, 5.74) is -0.877. The molecule has 190 valence electrons. The Labute approximate surface area is 206 Å². The zero-order valence-electron chi connectivity index (χ0n) is 18.6. The van der Waals surface area contributed by atoms with Gasteiger partial charge in [0.25, 0.3) is 0 Å². The number of amides is 2. The van der Waals surface area contributed by atoms with Crippen molar-refractivity contribution in [1.29, 1.82) is 0 Å². The number of rotatable bonds is 4. The standard InChI is InChI=1S/C22H17ClF3N3O7/c1-33-18(30)15-8-13(36-22(24,25)26)4-6-16(15)27-20(32)29-10-35-21(19(31)34-2)9-11-7-12(23)3-5-14(11)17(21)28-29/h3-8H,9-10H2,1-2H3,(H,27,32)/t21-/m0/s1. The highest BCUT2D eigenvalue weighted by Gasteiger charge is 2.55. The van der Waals surface area contributed by atoms with Gasteiger partial charge in [-0.3, -0.25) is 0 Å². The molecule has 0 saturated carbocycles. The number of hydrogen-bond donors (Lipinski definition) is 1. The van der Waals surface area contributed by atoms with Crippen LogP contribution in [0.3, 0.4) is 0 Å². The number of urea groups is 1. The molecule has 10 nitrogen and oxygen atoms in total. The molecule has 1 aliphatic heterocycles. The number of carbonyl (C=O) groups is 3. The Bertz CT molecular complexity index is 1280. The van der Waals surface area contributed by atoms with E-state index in [9.17, 15) is 27.6 Å². The van der Waals surface area contributed by atoms with E-state index in [0.717, 1.165) is 30.3 Å². The van der Waals surface area contributed by atoms with Gasteiger partial charge < -0.3 is 24.3 Å².